The first-order chi connectivity index (χ1) is 11.6. The number of hydrogen-bond donors (Lipinski definition) is 1. The summed E-state index contributed by atoms with van der Waals surface area (Å²) < 4.78 is 0. The van der Waals surface area contributed by atoms with Crippen molar-refractivity contribution in [2.75, 3.05) is 5.32 Å². The third-order valence-electron chi connectivity index (χ3n) is 3.34. The Morgan fingerprint density at radius 2 is 2.00 bits per heavy atom. The number of carbonyl (C=O) groups is 1. The molecule has 1 amide bonds. The highest BCUT2D eigenvalue weighted by molar-refractivity contribution is 7.09. The van der Waals surface area contributed by atoms with E-state index in [0.717, 1.165) is 27.5 Å². The maximum absolute atomic E-state index is 12.1. The Labute approximate surface area is 149 Å². The molecule has 120 valence electrons. The van der Waals surface area contributed by atoms with E-state index in [2.05, 4.69) is 10.3 Å². The molecule has 2 aromatic carbocycles. The van der Waals surface area contributed by atoms with Crippen molar-refractivity contribution < 1.29 is 4.79 Å². The fourth-order valence-corrected chi connectivity index (χ4v) is 2.93. The second kappa shape index (κ2) is 7.43. The Kier molecular flexibility index (Phi) is 5.08. The average Bonchev–Trinajstić information content (AvgIpc) is 3.01. The van der Waals surface area contributed by atoms with Crippen LogP contribution in [0.2, 0.25) is 5.02 Å². The van der Waals surface area contributed by atoms with Crippen molar-refractivity contribution in [2.24, 2.45) is 0 Å². The van der Waals surface area contributed by atoms with E-state index in [0.29, 0.717) is 5.02 Å². The number of benzene rings is 2. The summed E-state index contributed by atoms with van der Waals surface area (Å²) in [5, 5.41) is 6.57. The van der Waals surface area contributed by atoms with Crippen LogP contribution in [0, 0.1) is 6.92 Å². The molecule has 0 aliphatic heterocycles. The average molecular weight is 355 g/mol. The first-order valence-electron chi connectivity index (χ1n) is 7.37. The molecule has 0 spiro atoms. The van der Waals surface area contributed by atoms with Gasteiger partial charge in [-0.1, -0.05) is 35.9 Å². The molecule has 0 unspecified atom stereocenters. The molecule has 5 heteroatoms. The van der Waals surface area contributed by atoms with E-state index in [9.17, 15) is 4.79 Å². The van der Waals surface area contributed by atoms with Crippen LogP contribution in [0.4, 0.5) is 5.69 Å². The molecule has 1 N–H and O–H groups in total. The second-order valence-electron chi connectivity index (χ2n) is 5.21. The molecule has 0 saturated carbocycles. The lowest BCUT2D eigenvalue weighted by molar-refractivity contribution is -0.111. The molecule has 0 saturated heterocycles. The lowest BCUT2D eigenvalue weighted by atomic mass is 10.1. The molecule has 0 radical (unpaired) electrons. The first kappa shape index (κ1) is 16.4. The van der Waals surface area contributed by atoms with Gasteiger partial charge in [0, 0.05) is 27.7 Å². The minimum absolute atomic E-state index is 0.184. The quantitative estimate of drug-likeness (QED) is 0.635. The van der Waals surface area contributed by atoms with Crippen LogP contribution < -0.4 is 5.32 Å². The topological polar surface area (TPSA) is 42.0 Å². The number of carbonyl (C=O) groups excluding carboxylic acids is 1. The van der Waals surface area contributed by atoms with Crippen molar-refractivity contribution in [3.8, 4) is 11.3 Å². The van der Waals surface area contributed by atoms with Gasteiger partial charge in [-0.15, -0.1) is 11.3 Å². The van der Waals surface area contributed by atoms with Gasteiger partial charge in [-0.3, -0.25) is 4.79 Å². The Hall–Kier alpha value is -2.43. The molecular weight excluding hydrogens is 340 g/mol. The predicted molar refractivity (Wildman–Crippen MR) is 101 cm³/mol. The number of aromatic nitrogens is 1. The lowest BCUT2D eigenvalue weighted by Gasteiger charge is -2.04. The molecule has 3 rings (SSSR count). The van der Waals surface area contributed by atoms with Crippen LogP contribution in [0.15, 0.2) is 60.0 Å². The van der Waals surface area contributed by atoms with Gasteiger partial charge >= 0.3 is 0 Å². The minimum atomic E-state index is -0.184. The van der Waals surface area contributed by atoms with Gasteiger partial charge in [0.1, 0.15) is 0 Å². The monoisotopic (exact) mass is 354 g/mol. The van der Waals surface area contributed by atoms with Gasteiger partial charge in [0.25, 0.3) is 0 Å². The number of nitrogens with zero attached hydrogens (tertiary/aromatic N) is 1. The van der Waals surface area contributed by atoms with Gasteiger partial charge in [-0.05, 0) is 42.8 Å². The maximum Gasteiger partial charge on any atom is 0.248 e. The summed E-state index contributed by atoms with van der Waals surface area (Å²) >= 11 is 7.45. The summed E-state index contributed by atoms with van der Waals surface area (Å²) in [4.78, 5) is 16.5. The fourth-order valence-electron chi connectivity index (χ4n) is 2.18. The highest BCUT2D eigenvalue weighted by Gasteiger charge is 2.04. The van der Waals surface area contributed by atoms with E-state index in [4.69, 9.17) is 11.6 Å². The molecule has 0 bridgehead atoms. The lowest BCUT2D eigenvalue weighted by Crippen LogP contribution is -2.07. The normalized spacial score (nSPS) is 10.9. The third kappa shape index (κ3) is 4.31. The van der Waals surface area contributed by atoms with Crippen molar-refractivity contribution >= 4 is 40.6 Å². The zero-order valence-corrected chi connectivity index (χ0v) is 14.6. The Bertz CT molecular complexity index is 884. The summed E-state index contributed by atoms with van der Waals surface area (Å²) in [5.74, 6) is -0.184. The highest BCUT2D eigenvalue weighted by atomic mass is 35.5. The van der Waals surface area contributed by atoms with Crippen LogP contribution in [0.5, 0.6) is 0 Å². The van der Waals surface area contributed by atoms with E-state index in [1.54, 1.807) is 29.5 Å². The number of aryl methyl sites for hydroxylation is 1. The Morgan fingerprint density at radius 1 is 1.21 bits per heavy atom. The van der Waals surface area contributed by atoms with E-state index in [1.807, 2.05) is 48.7 Å². The van der Waals surface area contributed by atoms with Crippen LogP contribution in [0.25, 0.3) is 17.3 Å². The van der Waals surface area contributed by atoms with E-state index >= 15 is 0 Å². The summed E-state index contributed by atoms with van der Waals surface area (Å²) in [5.41, 5.74) is 3.56. The summed E-state index contributed by atoms with van der Waals surface area (Å²) in [7, 11) is 0. The van der Waals surface area contributed by atoms with Crippen molar-refractivity contribution in [2.45, 2.75) is 6.92 Å². The summed E-state index contributed by atoms with van der Waals surface area (Å²) in [6, 6.07) is 15.0. The van der Waals surface area contributed by atoms with Gasteiger partial charge in [0.2, 0.25) is 5.91 Å². The van der Waals surface area contributed by atoms with Crippen molar-refractivity contribution in [3.05, 3.63) is 75.6 Å². The standard InChI is InChI=1S/C19H15ClN2OS/c1-13-21-18(12-24-13)15-3-2-4-17(11-15)22-19(23)10-7-14-5-8-16(20)9-6-14/h2-12H,1H3,(H,22,23)/b10-7+. The van der Waals surface area contributed by atoms with E-state index in [1.165, 1.54) is 6.08 Å². The van der Waals surface area contributed by atoms with E-state index < -0.39 is 0 Å². The molecule has 1 heterocycles. The van der Waals surface area contributed by atoms with Crippen molar-refractivity contribution in [3.63, 3.8) is 0 Å². The largest absolute Gasteiger partial charge is 0.322 e. The first-order valence-corrected chi connectivity index (χ1v) is 8.63. The number of hydrogen-bond acceptors (Lipinski definition) is 3. The Balaban J connectivity index is 1.69. The summed E-state index contributed by atoms with van der Waals surface area (Å²) in [6.07, 6.45) is 3.25. The molecule has 0 aliphatic rings. The Morgan fingerprint density at radius 3 is 2.71 bits per heavy atom. The molecule has 0 atom stereocenters. The zero-order valence-electron chi connectivity index (χ0n) is 13.0. The minimum Gasteiger partial charge on any atom is -0.322 e. The zero-order chi connectivity index (χ0) is 16.9. The number of thiazole rings is 1. The van der Waals surface area contributed by atoms with Gasteiger partial charge in [-0.2, -0.15) is 0 Å². The highest BCUT2D eigenvalue weighted by Crippen LogP contribution is 2.24. The van der Waals surface area contributed by atoms with E-state index in [-0.39, 0.29) is 5.91 Å². The predicted octanol–water partition coefficient (Wildman–Crippen LogP) is 5.42. The van der Waals surface area contributed by atoms with Gasteiger partial charge in [0.05, 0.1) is 10.7 Å². The third-order valence-corrected chi connectivity index (χ3v) is 4.37. The number of amides is 1. The fraction of sp³-hybridized carbons (Fsp3) is 0.0526. The SMILES string of the molecule is Cc1nc(-c2cccc(NC(=O)/C=C/c3ccc(Cl)cc3)c2)cs1. The van der Waals surface area contributed by atoms with Gasteiger partial charge in [0.15, 0.2) is 0 Å². The van der Waals surface area contributed by atoms with Crippen molar-refractivity contribution in [1.29, 1.82) is 0 Å². The number of nitrogens with one attached hydrogen (secondary N) is 1. The maximum atomic E-state index is 12.1. The molecule has 0 fully saturated rings. The summed E-state index contributed by atoms with van der Waals surface area (Å²) in [6.45, 7) is 1.97. The molecule has 0 aliphatic carbocycles. The van der Waals surface area contributed by atoms with Crippen LogP contribution in [0.1, 0.15) is 10.6 Å². The van der Waals surface area contributed by atoms with Crippen LogP contribution in [-0.2, 0) is 4.79 Å². The molecular formula is C19H15ClN2OS. The van der Waals surface area contributed by atoms with Crippen LogP contribution in [0.3, 0.4) is 0 Å². The second-order valence-corrected chi connectivity index (χ2v) is 6.71. The number of anilines is 1. The number of halogens is 1. The number of rotatable bonds is 4. The smallest absolute Gasteiger partial charge is 0.248 e. The van der Waals surface area contributed by atoms with Gasteiger partial charge in [-0.25, -0.2) is 4.98 Å². The molecule has 1 aromatic heterocycles. The van der Waals surface area contributed by atoms with Gasteiger partial charge < -0.3 is 5.32 Å². The van der Waals surface area contributed by atoms with Crippen LogP contribution in [-0.4, -0.2) is 10.9 Å². The molecule has 3 nitrogen and oxygen atoms in total. The molecule has 3 aromatic rings. The molecule has 24 heavy (non-hydrogen) atoms. The van der Waals surface area contributed by atoms with Crippen LogP contribution >= 0.6 is 22.9 Å². The van der Waals surface area contributed by atoms with Crippen molar-refractivity contribution in [1.82, 2.24) is 4.98 Å².